The van der Waals surface area contributed by atoms with Crippen LogP contribution in [0.25, 0.3) is 10.6 Å². The predicted molar refractivity (Wildman–Crippen MR) is 72.1 cm³/mol. The number of aromatic nitrogens is 2. The van der Waals surface area contributed by atoms with E-state index in [0.717, 1.165) is 32.9 Å². The van der Waals surface area contributed by atoms with Crippen molar-refractivity contribution >= 4 is 38.9 Å². The van der Waals surface area contributed by atoms with E-state index in [2.05, 4.69) is 26.1 Å². The molecule has 0 bridgehead atoms. The highest BCUT2D eigenvalue weighted by Gasteiger charge is 2.06. The largest absolute Gasteiger partial charge is 0.147 e. The minimum atomic E-state index is 0.672. The van der Waals surface area contributed by atoms with Crippen LogP contribution in [0.4, 0.5) is 0 Å². The molecule has 16 heavy (non-hydrogen) atoms. The van der Waals surface area contributed by atoms with Crippen molar-refractivity contribution in [1.82, 2.24) is 10.2 Å². The van der Waals surface area contributed by atoms with E-state index in [-0.39, 0.29) is 0 Å². The summed E-state index contributed by atoms with van der Waals surface area (Å²) in [5, 5.41) is 10.4. The van der Waals surface area contributed by atoms with Crippen LogP contribution in [0.5, 0.6) is 0 Å². The lowest BCUT2D eigenvalue weighted by molar-refractivity contribution is 0.884. The molecule has 0 saturated heterocycles. The first-order valence-corrected chi connectivity index (χ1v) is 7.08. The second kappa shape index (κ2) is 5.75. The van der Waals surface area contributed by atoms with Crippen molar-refractivity contribution in [3.05, 3.63) is 33.7 Å². The molecule has 84 valence electrons. The Balaban J connectivity index is 2.18. The predicted octanol–water partition coefficient (Wildman–Crippen LogP) is 4.14. The number of benzene rings is 1. The SMILES string of the molecule is ClCCCc1nnc(-c2cccc(Br)c2)s1. The van der Waals surface area contributed by atoms with Gasteiger partial charge in [-0.1, -0.05) is 39.4 Å². The molecule has 1 aromatic heterocycles. The van der Waals surface area contributed by atoms with Crippen LogP contribution < -0.4 is 0 Å². The molecule has 1 aromatic carbocycles. The van der Waals surface area contributed by atoms with E-state index in [0.29, 0.717) is 5.88 Å². The molecule has 5 heteroatoms. The number of hydrogen-bond acceptors (Lipinski definition) is 3. The summed E-state index contributed by atoms with van der Waals surface area (Å²) in [6.45, 7) is 0. The topological polar surface area (TPSA) is 25.8 Å². The van der Waals surface area contributed by atoms with Gasteiger partial charge in [0.05, 0.1) is 0 Å². The van der Waals surface area contributed by atoms with Gasteiger partial charge < -0.3 is 0 Å². The Morgan fingerprint density at radius 2 is 2.19 bits per heavy atom. The molecule has 0 amide bonds. The summed E-state index contributed by atoms with van der Waals surface area (Å²) < 4.78 is 1.06. The normalized spacial score (nSPS) is 10.6. The van der Waals surface area contributed by atoms with Gasteiger partial charge in [0.25, 0.3) is 0 Å². The monoisotopic (exact) mass is 316 g/mol. The summed E-state index contributed by atoms with van der Waals surface area (Å²) in [5.74, 6) is 0.672. The molecule has 1 heterocycles. The van der Waals surface area contributed by atoms with Gasteiger partial charge in [-0.3, -0.25) is 0 Å². The second-order valence-electron chi connectivity index (χ2n) is 3.30. The lowest BCUT2D eigenvalue weighted by Crippen LogP contribution is -1.84. The van der Waals surface area contributed by atoms with Crippen molar-refractivity contribution in [3.8, 4) is 10.6 Å². The van der Waals surface area contributed by atoms with Crippen molar-refractivity contribution < 1.29 is 0 Å². The Kier molecular flexibility index (Phi) is 4.32. The van der Waals surface area contributed by atoms with Crippen LogP contribution in [0.3, 0.4) is 0 Å². The fourth-order valence-corrected chi connectivity index (χ4v) is 2.72. The minimum absolute atomic E-state index is 0.672. The first-order valence-electron chi connectivity index (χ1n) is 4.94. The van der Waals surface area contributed by atoms with Crippen LogP contribution in [0.1, 0.15) is 11.4 Å². The van der Waals surface area contributed by atoms with Gasteiger partial charge in [-0.15, -0.1) is 21.8 Å². The molecule has 0 saturated carbocycles. The van der Waals surface area contributed by atoms with Crippen LogP contribution in [0.2, 0.25) is 0 Å². The van der Waals surface area contributed by atoms with Gasteiger partial charge >= 0.3 is 0 Å². The van der Waals surface area contributed by atoms with Crippen molar-refractivity contribution in [3.63, 3.8) is 0 Å². The molecule has 0 aliphatic heterocycles. The molecule has 0 spiro atoms. The molecular weight excluding hydrogens is 308 g/mol. The van der Waals surface area contributed by atoms with Gasteiger partial charge in [-0.25, -0.2) is 0 Å². The van der Waals surface area contributed by atoms with Gasteiger partial charge in [0, 0.05) is 22.3 Å². The first-order chi connectivity index (χ1) is 7.79. The molecular formula is C11H10BrClN2S. The molecule has 2 rings (SSSR count). The zero-order valence-electron chi connectivity index (χ0n) is 8.49. The van der Waals surface area contributed by atoms with E-state index in [1.165, 1.54) is 0 Å². The Hall–Kier alpha value is -0.450. The summed E-state index contributed by atoms with van der Waals surface area (Å²) >= 11 is 10.7. The van der Waals surface area contributed by atoms with Crippen molar-refractivity contribution in [2.24, 2.45) is 0 Å². The Bertz CT molecular complexity index is 473. The average Bonchev–Trinajstić information content (AvgIpc) is 2.75. The maximum Gasteiger partial charge on any atom is 0.147 e. The third kappa shape index (κ3) is 3.03. The van der Waals surface area contributed by atoms with Gasteiger partial charge in [0.15, 0.2) is 0 Å². The van der Waals surface area contributed by atoms with E-state index in [1.807, 2.05) is 24.3 Å². The highest BCUT2D eigenvalue weighted by atomic mass is 79.9. The highest BCUT2D eigenvalue weighted by molar-refractivity contribution is 9.10. The highest BCUT2D eigenvalue weighted by Crippen LogP contribution is 2.26. The second-order valence-corrected chi connectivity index (χ2v) is 5.66. The van der Waals surface area contributed by atoms with Gasteiger partial charge in [0.1, 0.15) is 10.0 Å². The third-order valence-electron chi connectivity index (χ3n) is 2.06. The zero-order valence-corrected chi connectivity index (χ0v) is 11.6. The van der Waals surface area contributed by atoms with Gasteiger partial charge in [-0.05, 0) is 18.6 Å². The van der Waals surface area contributed by atoms with Crippen LogP contribution in [0, 0.1) is 0 Å². The maximum atomic E-state index is 5.65. The molecule has 0 N–H and O–H groups in total. The Morgan fingerprint density at radius 3 is 2.94 bits per heavy atom. The molecule has 0 atom stereocenters. The van der Waals surface area contributed by atoms with E-state index in [1.54, 1.807) is 11.3 Å². The fourth-order valence-electron chi connectivity index (χ4n) is 1.31. The van der Waals surface area contributed by atoms with Crippen LogP contribution >= 0.6 is 38.9 Å². The zero-order chi connectivity index (χ0) is 11.4. The van der Waals surface area contributed by atoms with Crippen LogP contribution in [-0.4, -0.2) is 16.1 Å². The molecule has 0 radical (unpaired) electrons. The van der Waals surface area contributed by atoms with E-state index in [4.69, 9.17) is 11.6 Å². The van der Waals surface area contributed by atoms with E-state index >= 15 is 0 Å². The van der Waals surface area contributed by atoms with Crippen molar-refractivity contribution in [1.29, 1.82) is 0 Å². The number of alkyl halides is 1. The molecule has 0 aliphatic rings. The standard InChI is InChI=1S/C11H10BrClN2S/c12-9-4-1-3-8(7-9)11-15-14-10(16-11)5-2-6-13/h1,3-4,7H,2,5-6H2. The third-order valence-corrected chi connectivity index (χ3v) is 3.86. The first kappa shape index (κ1) is 12.0. The van der Waals surface area contributed by atoms with Crippen molar-refractivity contribution in [2.45, 2.75) is 12.8 Å². The van der Waals surface area contributed by atoms with Gasteiger partial charge in [0.2, 0.25) is 0 Å². The summed E-state index contributed by atoms with van der Waals surface area (Å²) in [6.07, 6.45) is 1.86. The molecule has 0 aliphatic carbocycles. The van der Waals surface area contributed by atoms with E-state index < -0.39 is 0 Å². The Labute approximate surface area is 112 Å². The number of aryl methyl sites for hydroxylation is 1. The molecule has 0 fully saturated rings. The number of hydrogen-bond donors (Lipinski definition) is 0. The molecule has 0 unspecified atom stereocenters. The number of halogens is 2. The lowest BCUT2D eigenvalue weighted by Gasteiger charge is -1.95. The Morgan fingerprint density at radius 1 is 1.31 bits per heavy atom. The van der Waals surface area contributed by atoms with E-state index in [9.17, 15) is 0 Å². The van der Waals surface area contributed by atoms with Crippen molar-refractivity contribution in [2.75, 3.05) is 5.88 Å². The minimum Gasteiger partial charge on any atom is -0.143 e. The smallest absolute Gasteiger partial charge is 0.143 e. The quantitative estimate of drug-likeness (QED) is 0.792. The number of rotatable bonds is 4. The molecule has 2 aromatic rings. The lowest BCUT2D eigenvalue weighted by atomic mass is 10.2. The average molecular weight is 318 g/mol. The summed E-state index contributed by atoms with van der Waals surface area (Å²) in [4.78, 5) is 0. The summed E-state index contributed by atoms with van der Waals surface area (Å²) in [6, 6.07) is 8.08. The summed E-state index contributed by atoms with van der Waals surface area (Å²) in [7, 11) is 0. The van der Waals surface area contributed by atoms with Crippen LogP contribution in [0.15, 0.2) is 28.7 Å². The fraction of sp³-hybridized carbons (Fsp3) is 0.273. The number of nitrogens with zero attached hydrogens (tertiary/aromatic N) is 2. The van der Waals surface area contributed by atoms with Gasteiger partial charge in [-0.2, -0.15) is 0 Å². The summed E-state index contributed by atoms with van der Waals surface area (Å²) in [5.41, 5.74) is 1.10. The molecule has 2 nitrogen and oxygen atoms in total. The van der Waals surface area contributed by atoms with Crippen LogP contribution in [-0.2, 0) is 6.42 Å². The maximum absolute atomic E-state index is 5.65.